The van der Waals surface area contributed by atoms with Crippen LogP contribution in [0, 0.1) is 10.1 Å². The highest BCUT2D eigenvalue weighted by Crippen LogP contribution is 2.41. The van der Waals surface area contributed by atoms with Crippen LogP contribution < -0.4 is 4.74 Å². The second-order valence-corrected chi connectivity index (χ2v) is 12.3. The van der Waals surface area contributed by atoms with Gasteiger partial charge < -0.3 is 9.47 Å². The van der Waals surface area contributed by atoms with Crippen molar-refractivity contribution in [2.24, 2.45) is 0 Å². The molecular weight excluding hydrogens is 576 g/mol. The lowest BCUT2D eigenvalue weighted by Gasteiger charge is -2.42. The highest BCUT2D eigenvalue weighted by molar-refractivity contribution is 5.66. The fourth-order valence-electron chi connectivity index (χ4n) is 6.82. The van der Waals surface area contributed by atoms with E-state index in [1.807, 2.05) is 48.5 Å². The Hall–Kier alpha value is -4.49. The minimum Gasteiger partial charge on any atom is -0.482 e. The average molecular weight is 621 g/mol. The maximum absolute atomic E-state index is 12.5. The van der Waals surface area contributed by atoms with Crippen LogP contribution in [0.15, 0.2) is 91.0 Å². The van der Waals surface area contributed by atoms with Crippen molar-refractivity contribution in [2.45, 2.75) is 84.6 Å². The molecule has 4 aromatic rings. The van der Waals surface area contributed by atoms with Crippen LogP contribution in [0.25, 0.3) is 0 Å². The number of carbonyl (C=O) groups is 1. The normalized spacial score (nSPS) is 14.1. The van der Waals surface area contributed by atoms with Crippen molar-refractivity contribution < 1.29 is 19.2 Å². The maximum atomic E-state index is 12.5. The third kappa shape index (κ3) is 7.48. The number of hydrogen-bond donors (Lipinski definition) is 0. The predicted octanol–water partition coefficient (Wildman–Crippen LogP) is 8.35. The van der Waals surface area contributed by atoms with Gasteiger partial charge in [-0.3, -0.25) is 19.8 Å². The van der Waals surface area contributed by atoms with Crippen molar-refractivity contribution in [1.29, 1.82) is 0 Å². The third-order valence-corrected chi connectivity index (χ3v) is 9.35. The summed E-state index contributed by atoms with van der Waals surface area (Å²) in [5.74, 6) is -0.257. The Labute approximate surface area is 272 Å². The van der Waals surface area contributed by atoms with Crippen molar-refractivity contribution in [1.82, 2.24) is 4.90 Å². The van der Waals surface area contributed by atoms with Crippen LogP contribution in [0.4, 0.5) is 5.69 Å². The summed E-state index contributed by atoms with van der Waals surface area (Å²) in [6, 6.07) is 29.6. The molecule has 0 radical (unpaired) electrons. The summed E-state index contributed by atoms with van der Waals surface area (Å²) in [7, 11) is 0. The molecule has 0 aromatic heterocycles. The molecule has 0 amide bonds. The van der Waals surface area contributed by atoms with E-state index in [1.54, 1.807) is 12.1 Å². The molecule has 5 rings (SSSR count). The Morgan fingerprint density at radius 1 is 0.870 bits per heavy atom. The van der Waals surface area contributed by atoms with Gasteiger partial charge in [0.15, 0.2) is 5.75 Å². The van der Waals surface area contributed by atoms with E-state index in [0.717, 1.165) is 43.2 Å². The molecule has 0 saturated heterocycles. The molecule has 0 fully saturated rings. The molecule has 1 atom stereocenters. The fourth-order valence-corrected chi connectivity index (χ4v) is 6.82. The Balaban J connectivity index is 1.50. The average Bonchev–Trinajstić information content (AvgIpc) is 3.45. The lowest BCUT2D eigenvalue weighted by Crippen LogP contribution is -2.50. The summed E-state index contributed by atoms with van der Waals surface area (Å²) < 4.78 is 11.9. The summed E-state index contributed by atoms with van der Waals surface area (Å²) in [5, 5.41) is 12.2. The number of rotatable bonds is 14. The molecule has 0 N–H and O–H groups in total. The zero-order valence-electron chi connectivity index (χ0n) is 27.3. The maximum Gasteiger partial charge on any atom is 0.311 e. The van der Waals surface area contributed by atoms with Gasteiger partial charge in [-0.15, -0.1) is 0 Å². The SMILES string of the molecule is CCc1cc2c(cc1CC)CC(CC)(N(Cc1ccccc1)CC(OC(C)=O)c1ccc(OCc3ccccc3)c([N+](=O)[O-])c1)C2. The molecule has 0 saturated carbocycles. The summed E-state index contributed by atoms with van der Waals surface area (Å²) in [6.45, 7) is 9.30. The number of fused-ring (bicyclic) bond motifs is 1. The molecule has 0 aliphatic heterocycles. The molecule has 1 unspecified atom stereocenters. The summed E-state index contributed by atoms with van der Waals surface area (Å²) in [6.07, 6.45) is 3.97. The quantitative estimate of drug-likeness (QED) is 0.0801. The fraction of sp³-hybridized carbons (Fsp3) is 0.359. The number of nitro benzene ring substituents is 1. The zero-order valence-corrected chi connectivity index (χ0v) is 27.3. The van der Waals surface area contributed by atoms with E-state index in [2.05, 4.69) is 49.9 Å². The highest BCUT2D eigenvalue weighted by Gasteiger charge is 2.42. The molecule has 240 valence electrons. The van der Waals surface area contributed by atoms with Gasteiger partial charge in [-0.25, -0.2) is 0 Å². The van der Waals surface area contributed by atoms with Crippen molar-refractivity contribution in [2.75, 3.05) is 6.54 Å². The second kappa shape index (κ2) is 14.7. The van der Waals surface area contributed by atoms with Crippen molar-refractivity contribution in [3.63, 3.8) is 0 Å². The Morgan fingerprint density at radius 3 is 1.98 bits per heavy atom. The summed E-state index contributed by atoms with van der Waals surface area (Å²) in [5.41, 5.74) is 7.85. The van der Waals surface area contributed by atoms with Crippen LogP contribution >= 0.6 is 0 Å². The molecule has 4 aromatic carbocycles. The van der Waals surface area contributed by atoms with E-state index in [-0.39, 0.29) is 23.6 Å². The molecule has 1 aliphatic carbocycles. The Bertz CT molecular complexity index is 1620. The molecular formula is C39H44N2O5. The lowest BCUT2D eigenvalue weighted by atomic mass is 9.88. The van der Waals surface area contributed by atoms with Crippen LogP contribution in [0.1, 0.15) is 79.2 Å². The van der Waals surface area contributed by atoms with E-state index in [1.165, 1.54) is 35.2 Å². The molecule has 7 nitrogen and oxygen atoms in total. The van der Waals surface area contributed by atoms with Gasteiger partial charge in [0.25, 0.3) is 0 Å². The predicted molar refractivity (Wildman–Crippen MR) is 181 cm³/mol. The number of ether oxygens (including phenoxy) is 2. The molecule has 0 bridgehead atoms. The van der Waals surface area contributed by atoms with Gasteiger partial charge in [-0.2, -0.15) is 0 Å². The number of carbonyl (C=O) groups excluding carboxylic acids is 1. The number of nitro groups is 1. The van der Waals surface area contributed by atoms with Crippen LogP contribution in [0.2, 0.25) is 0 Å². The summed E-state index contributed by atoms with van der Waals surface area (Å²) >= 11 is 0. The minimum absolute atomic E-state index is 0.155. The van der Waals surface area contributed by atoms with Gasteiger partial charge in [-0.05, 0) is 71.6 Å². The first-order chi connectivity index (χ1) is 22.2. The van der Waals surface area contributed by atoms with Gasteiger partial charge in [-0.1, -0.05) is 99.6 Å². The third-order valence-electron chi connectivity index (χ3n) is 9.35. The molecule has 46 heavy (non-hydrogen) atoms. The molecule has 0 spiro atoms. The summed E-state index contributed by atoms with van der Waals surface area (Å²) in [4.78, 5) is 26.7. The van der Waals surface area contributed by atoms with E-state index >= 15 is 0 Å². The van der Waals surface area contributed by atoms with Crippen LogP contribution in [-0.2, 0) is 48.4 Å². The first kappa shape index (κ1) is 32.9. The smallest absolute Gasteiger partial charge is 0.311 e. The number of nitrogens with zero attached hydrogens (tertiary/aromatic N) is 2. The van der Waals surface area contributed by atoms with Crippen molar-refractivity contribution in [3.8, 4) is 5.75 Å². The van der Waals surface area contributed by atoms with Gasteiger partial charge in [0, 0.05) is 37.2 Å². The monoisotopic (exact) mass is 620 g/mol. The van der Waals surface area contributed by atoms with Crippen molar-refractivity contribution in [3.05, 3.63) is 140 Å². The van der Waals surface area contributed by atoms with E-state index in [0.29, 0.717) is 18.7 Å². The van der Waals surface area contributed by atoms with Gasteiger partial charge >= 0.3 is 11.7 Å². The van der Waals surface area contributed by atoms with Crippen LogP contribution in [0.3, 0.4) is 0 Å². The number of hydrogen-bond acceptors (Lipinski definition) is 6. The molecule has 0 heterocycles. The van der Waals surface area contributed by atoms with Gasteiger partial charge in [0.2, 0.25) is 0 Å². The first-order valence-electron chi connectivity index (χ1n) is 16.3. The Morgan fingerprint density at radius 2 is 1.46 bits per heavy atom. The number of aryl methyl sites for hydroxylation is 2. The van der Waals surface area contributed by atoms with Crippen LogP contribution in [-0.4, -0.2) is 27.9 Å². The Kier molecular flexibility index (Phi) is 10.5. The topological polar surface area (TPSA) is 81.9 Å². The first-order valence-corrected chi connectivity index (χ1v) is 16.3. The second-order valence-electron chi connectivity index (χ2n) is 12.3. The lowest BCUT2D eigenvalue weighted by molar-refractivity contribution is -0.386. The highest BCUT2D eigenvalue weighted by atomic mass is 16.6. The minimum atomic E-state index is -0.715. The van der Waals surface area contributed by atoms with Crippen molar-refractivity contribution >= 4 is 11.7 Å². The van der Waals surface area contributed by atoms with E-state index < -0.39 is 17.0 Å². The molecule has 7 heteroatoms. The van der Waals surface area contributed by atoms with Crippen LogP contribution in [0.5, 0.6) is 5.75 Å². The number of benzene rings is 4. The van der Waals surface area contributed by atoms with Gasteiger partial charge in [0.1, 0.15) is 12.7 Å². The molecule has 1 aliphatic rings. The zero-order chi connectivity index (χ0) is 32.7. The van der Waals surface area contributed by atoms with E-state index in [4.69, 9.17) is 9.47 Å². The van der Waals surface area contributed by atoms with Gasteiger partial charge in [0.05, 0.1) is 4.92 Å². The standard InChI is InChI=1S/C39H44N2O5/c1-5-31-20-34-23-39(7-3,24-35(34)21-32(31)6-2)40(25-29-14-10-8-11-15-29)26-38(46-28(4)42)33-18-19-37(36(22-33)41(43)44)45-27-30-16-12-9-13-17-30/h8-22,38H,5-7,23-27H2,1-4H3. The largest absolute Gasteiger partial charge is 0.482 e. The van der Waals surface area contributed by atoms with E-state index in [9.17, 15) is 14.9 Å². The number of esters is 1.